The van der Waals surface area contributed by atoms with Gasteiger partial charge in [0.25, 0.3) is 5.91 Å². The Bertz CT molecular complexity index is 3210. The summed E-state index contributed by atoms with van der Waals surface area (Å²) in [7, 11) is 1.67. The minimum atomic E-state index is -0.563. The molecular weight excluding hydrogens is 858 g/mol. The summed E-state index contributed by atoms with van der Waals surface area (Å²) >= 11 is 0. The molecule has 0 spiro atoms. The standard InChI is InChI=1S/C50H52FN9O7/c1-23-18-31(23)44-54-67-48(64)59(44)35-21-28(27-7-13-66-14-8-27)19-29-20-34(52-43(29)35)46(62)55-9-6-33-32(22-55)45(60(53-33)30-16-24(2)42(51)25(3)17-30)56-10-11-58(47(56)63)50-39-36-40(50)38-41(50)37(39)49(36,38)57(26(4)61)12-15-65-5/h10-11,16-17,19-21,23,27,31,36-41,52H,6-9,12-15,18,22H2,1-5H3/t23-,31+,36?,37?,38?,39?,40?,41?,49?,50?/m0/s1. The molecule has 6 heterocycles. The van der Waals surface area contributed by atoms with Gasteiger partial charge >= 0.3 is 11.4 Å². The van der Waals surface area contributed by atoms with Gasteiger partial charge in [0.2, 0.25) is 5.91 Å². The van der Waals surface area contributed by atoms with Crippen molar-refractivity contribution in [1.82, 2.24) is 43.4 Å². The lowest BCUT2D eigenvalue weighted by molar-refractivity contribution is -0.629. The summed E-state index contributed by atoms with van der Waals surface area (Å²) in [5.41, 5.74) is 5.32. The summed E-state index contributed by atoms with van der Waals surface area (Å²) in [6, 6.07) is 9.54. The third kappa shape index (κ3) is 4.70. The first-order valence-electron chi connectivity index (χ1n) is 24.0. The van der Waals surface area contributed by atoms with Gasteiger partial charge in [-0.2, -0.15) is 5.10 Å². The lowest BCUT2D eigenvalue weighted by Gasteiger charge is -3.11. The van der Waals surface area contributed by atoms with E-state index in [0.717, 1.165) is 41.5 Å². The van der Waals surface area contributed by atoms with Crippen LogP contribution < -0.4 is 11.4 Å². The van der Waals surface area contributed by atoms with Crippen molar-refractivity contribution in [3.8, 4) is 17.2 Å². The van der Waals surface area contributed by atoms with Crippen LogP contribution in [0.5, 0.6) is 0 Å². The highest BCUT2D eigenvalue weighted by molar-refractivity contribution is 6.00. The monoisotopic (exact) mass is 909 g/mol. The van der Waals surface area contributed by atoms with Gasteiger partial charge in [0.1, 0.15) is 17.3 Å². The molecule has 2 aliphatic heterocycles. The van der Waals surface area contributed by atoms with Crippen LogP contribution in [-0.2, 0) is 32.8 Å². The summed E-state index contributed by atoms with van der Waals surface area (Å²) < 4.78 is 38.5. The average molecular weight is 910 g/mol. The van der Waals surface area contributed by atoms with Gasteiger partial charge in [0.15, 0.2) is 5.82 Å². The van der Waals surface area contributed by atoms with Crippen LogP contribution in [-0.4, -0.2) is 101 Å². The fourth-order valence-electron chi connectivity index (χ4n) is 15.5. The van der Waals surface area contributed by atoms with Crippen molar-refractivity contribution in [2.75, 3.05) is 40.0 Å². The molecule has 346 valence electrons. The van der Waals surface area contributed by atoms with Crippen molar-refractivity contribution in [1.29, 1.82) is 0 Å². The number of carbonyl (C=O) groups excluding carboxylic acids is 2. The minimum Gasteiger partial charge on any atom is -0.383 e. The fourth-order valence-corrected chi connectivity index (χ4v) is 15.5. The summed E-state index contributed by atoms with van der Waals surface area (Å²) in [5, 5.41) is 10.2. The van der Waals surface area contributed by atoms with E-state index in [2.05, 4.69) is 28.0 Å². The number of aromatic amines is 1. The summed E-state index contributed by atoms with van der Waals surface area (Å²) in [4.78, 5) is 63.5. The lowest BCUT2D eigenvalue weighted by Crippen LogP contribution is -3.17. The predicted octanol–water partition coefficient (Wildman–Crippen LogP) is 5.11. The number of aryl methyl sites for hydroxylation is 2. The first-order valence-corrected chi connectivity index (χ1v) is 24.0. The van der Waals surface area contributed by atoms with Crippen molar-refractivity contribution in [3.05, 3.63) is 109 Å². The maximum Gasteiger partial charge on any atom is 0.446 e. The number of imidazole rings is 1. The Kier molecular flexibility index (Phi) is 7.97. The molecule has 2 atom stereocenters. The largest absolute Gasteiger partial charge is 0.446 e. The predicted molar refractivity (Wildman–Crippen MR) is 239 cm³/mol. The summed E-state index contributed by atoms with van der Waals surface area (Å²) in [5.74, 6) is 3.14. The second-order valence-corrected chi connectivity index (χ2v) is 21.0. The Morgan fingerprint density at radius 1 is 1.00 bits per heavy atom. The molecule has 9 aliphatic rings. The van der Waals surface area contributed by atoms with Crippen LogP contribution in [0.2, 0.25) is 0 Å². The zero-order valence-corrected chi connectivity index (χ0v) is 38.1. The molecule has 0 unspecified atom stereocenters. The second kappa shape index (κ2) is 13.3. The lowest BCUT2D eigenvalue weighted by atomic mass is 8.95. The molecule has 16 nitrogen and oxygen atoms in total. The average Bonchev–Trinajstić information content (AvgIpc) is 3.72. The number of nitrogens with one attached hydrogen (secondary N) is 1. The maximum absolute atomic E-state index is 15.1. The van der Waals surface area contributed by atoms with Crippen molar-refractivity contribution >= 4 is 22.7 Å². The molecule has 7 saturated carbocycles. The van der Waals surface area contributed by atoms with Crippen molar-refractivity contribution < 1.29 is 28.0 Å². The second-order valence-electron chi connectivity index (χ2n) is 21.0. The summed E-state index contributed by atoms with van der Waals surface area (Å²) in [6.07, 6.45) is 6.80. The fraction of sp³-hybridized carbons (Fsp3) is 0.520. The highest BCUT2D eigenvalue weighted by atomic mass is 19.1. The first kappa shape index (κ1) is 40.0. The van der Waals surface area contributed by atoms with Crippen LogP contribution in [0.1, 0.15) is 89.2 Å². The number of amides is 2. The van der Waals surface area contributed by atoms with E-state index < -0.39 is 5.76 Å². The molecule has 2 aromatic carbocycles. The highest BCUT2D eigenvalue weighted by Crippen LogP contribution is 3.06. The number of rotatable bonds is 11. The van der Waals surface area contributed by atoms with Crippen LogP contribution in [0.3, 0.4) is 0 Å². The van der Waals surface area contributed by atoms with Gasteiger partial charge in [-0.3, -0.25) is 23.2 Å². The van der Waals surface area contributed by atoms with E-state index in [4.69, 9.17) is 19.1 Å². The van der Waals surface area contributed by atoms with Gasteiger partial charge in [-0.25, -0.2) is 23.2 Å². The maximum atomic E-state index is 15.1. The number of methoxy groups -OCH3 is 1. The van der Waals surface area contributed by atoms with Gasteiger partial charge in [0.05, 0.1) is 46.8 Å². The molecule has 7 aliphatic carbocycles. The van der Waals surface area contributed by atoms with E-state index in [9.17, 15) is 14.4 Å². The number of fused-ring (bicyclic) bond motifs is 2. The first-order chi connectivity index (χ1) is 32.4. The van der Waals surface area contributed by atoms with Crippen molar-refractivity contribution in [2.45, 2.75) is 82.8 Å². The van der Waals surface area contributed by atoms with E-state index in [1.54, 1.807) is 58.7 Å². The Labute approximate surface area is 383 Å². The number of nitrogens with zero attached hydrogens (tertiary/aromatic N) is 8. The number of carbonyl (C=O) groups is 2. The van der Waals surface area contributed by atoms with Crippen LogP contribution in [0.15, 0.2) is 56.8 Å². The molecule has 4 aromatic heterocycles. The topological polar surface area (TPSA) is 168 Å². The van der Waals surface area contributed by atoms with E-state index in [-0.39, 0.29) is 52.8 Å². The van der Waals surface area contributed by atoms with Gasteiger partial charge in [-0.1, -0.05) is 12.1 Å². The highest BCUT2D eigenvalue weighted by Gasteiger charge is 3.12. The van der Waals surface area contributed by atoms with E-state index in [1.165, 1.54) is 0 Å². The number of H-pyrrole nitrogens is 1. The molecule has 15 rings (SSSR count). The SMILES string of the molecule is COCCN(C(C)=O)C12C3C4C1C1C2C3C41n1ccn(-c2c3c(nn2-c2cc(C)c(F)c(C)c2)CCN(C(=O)c2cc4cc(C5CCOCC5)cc(-n5c([C@@H]6C[C@@H]6C)noc5=O)c4[nH]2)C3)c1=O. The molecule has 8 fully saturated rings. The van der Waals surface area contributed by atoms with Crippen molar-refractivity contribution in [2.24, 2.45) is 41.4 Å². The zero-order valence-electron chi connectivity index (χ0n) is 38.1. The van der Waals surface area contributed by atoms with E-state index in [1.807, 2.05) is 29.1 Å². The summed E-state index contributed by atoms with van der Waals surface area (Å²) in [6.45, 7) is 10.2. The van der Waals surface area contributed by atoms with Gasteiger partial charge < -0.3 is 24.3 Å². The smallest absolute Gasteiger partial charge is 0.383 e. The Morgan fingerprint density at radius 2 is 1.72 bits per heavy atom. The zero-order chi connectivity index (χ0) is 45.7. The van der Waals surface area contributed by atoms with Crippen LogP contribution in [0.25, 0.3) is 28.1 Å². The molecule has 1 N–H and O–H groups in total. The van der Waals surface area contributed by atoms with Crippen LogP contribution in [0, 0.1) is 61.1 Å². The molecule has 0 radical (unpaired) electrons. The number of ether oxygens (including phenoxy) is 2. The molecule has 2 amide bonds. The number of aromatic nitrogens is 7. The number of halogens is 1. The minimum absolute atomic E-state index is 0.0730. The quantitative estimate of drug-likeness (QED) is 0.186. The van der Waals surface area contributed by atoms with Crippen molar-refractivity contribution in [3.63, 3.8) is 0 Å². The third-order valence-corrected chi connectivity index (χ3v) is 18.2. The third-order valence-electron chi connectivity index (χ3n) is 18.2. The van der Waals surface area contributed by atoms with Gasteiger partial charge in [-0.05, 0) is 127 Å². The van der Waals surface area contributed by atoms with Gasteiger partial charge in [0, 0.05) is 76.0 Å². The number of hydrogen-bond donors (Lipinski definition) is 1. The molecule has 6 aromatic rings. The molecule has 1 saturated heterocycles. The van der Waals surface area contributed by atoms with E-state index >= 15 is 9.18 Å². The number of benzene rings is 2. The van der Waals surface area contributed by atoms with E-state index in [0.29, 0.717) is 126 Å². The number of hydrogen-bond acceptors (Lipinski definition) is 9. The molecule has 67 heavy (non-hydrogen) atoms. The Morgan fingerprint density at radius 3 is 2.39 bits per heavy atom. The van der Waals surface area contributed by atoms with Crippen LogP contribution in [0.4, 0.5) is 4.39 Å². The molecular formula is C50H52FN9O7. The normalized spacial score (nSPS) is 31.3. The molecule has 0 bridgehead atoms. The Hall–Kier alpha value is -6.07. The Balaban J connectivity index is 0.829. The van der Waals surface area contributed by atoms with Crippen LogP contribution >= 0.6 is 0 Å². The van der Waals surface area contributed by atoms with Gasteiger partial charge in [-0.15, -0.1) is 0 Å². The molecule has 17 heteroatoms.